The normalized spacial score (nSPS) is 24.1. The maximum atomic E-state index is 4.70. The molecule has 5 nitrogen and oxygen atoms in total. The van der Waals surface area contributed by atoms with E-state index in [0.717, 1.165) is 25.5 Å². The van der Waals surface area contributed by atoms with Gasteiger partial charge in [-0.05, 0) is 65.4 Å². The van der Waals surface area contributed by atoms with Gasteiger partial charge in [0.05, 0.1) is 0 Å². The molecule has 1 aromatic rings. The number of aromatic nitrogens is 2. The van der Waals surface area contributed by atoms with Crippen molar-refractivity contribution >= 4 is 5.95 Å². The average molecular weight is 332 g/mol. The van der Waals surface area contributed by atoms with Gasteiger partial charge in [0.1, 0.15) is 0 Å². The Kier molecular flexibility index (Phi) is 6.06. The van der Waals surface area contributed by atoms with Gasteiger partial charge in [0.25, 0.3) is 0 Å². The van der Waals surface area contributed by atoms with Crippen molar-refractivity contribution in [2.45, 2.75) is 57.0 Å². The van der Waals surface area contributed by atoms with Crippen molar-refractivity contribution in [3.63, 3.8) is 0 Å². The Bertz CT molecular complexity index is 487. The predicted molar refractivity (Wildman–Crippen MR) is 99.5 cm³/mol. The first-order valence-electron chi connectivity index (χ1n) is 9.56. The number of likely N-dealkylation sites (tertiary alicyclic amines) is 1. The van der Waals surface area contributed by atoms with E-state index < -0.39 is 0 Å². The molecule has 2 aliphatic rings. The van der Waals surface area contributed by atoms with Crippen LogP contribution in [0.15, 0.2) is 12.4 Å². The first-order chi connectivity index (χ1) is 11.6. The van der Waals surface area contributed by atoms with E-state index in [0.29, 0.717) is 12.1 Å². The van der Waals surface area contributed by atoms with Gasteiger partial charge in [-0.1, -0.05) is 12.8 Å². The molecule has 3 rings (SSSR count). The smallest absolute Gasteiger partial charge is 0.225 e. The van der Waals surface area contributed by atoms with Crippen molar-refractivity contribution < 1.29 is 0 Å². The summed E-state index contributed by atoms with van der Waals surface area (Å²) in [5.41, 5.74) is 1.29. The Balaban J connectivity index is 1.44. The molecule has 24 heavy (non-hydrogen) atoms. The van der Waals surface area contributed by atoms with E-state index in [9.17, 15) is 0 Å². The third-order valence-electron chi connectivity index (χ3n) is 5.41. The summed E-state index contributed by atoms with van der Waals surface area (Å²) in [6.45, 7) is 3.49. The molecule has 5 heteroatoms. The Morgan fingerprint density at radius 1 is 1.00 bits per heavy atom. The molecule has 0 saturated carbocycles. The van der Waals surface area contributed by atoms with Crippen LogP contribution in [0, 0.1) is 0 Å². The number of aryl methyl sites for hydroxylation is 1. The SMILES string of the molecule is CN(C)CCCCCCc1cnc(N2C3CCC2CN(C)C3)nc1. The second-order valence-corrected chi connectivity index (χ2v) is 7.87. The molecule has 134 valence electrons. The number of rotatable bonds is 8. The van der Waals surface area contributed by atoms with Gasteiger partial charge in [0, 0.05) is 37.6 Å². The standard InChI is InChI=1S/C19H33N5/c1-22(2)11-7-5-4-6-8-16-12-20-19(21-13-16)24-17-9-10-18(24)15-23(3)14-17/h12-13,17-18H,4-11,14-15H2,1-3H3. The number of unbranched alkanes of at least 4 members (excludes halogenated alkanes) is 3. The summed E-state index contributed by atoms with van der Waals surface area (Å²) < 4.78 is 0. The number of nitrogens with zero attached hydrogens (tertiary/aromatic N) is 5. The van der Waals surface area contributed by atoms with Gasteiger partial charge in [0.15, 0.2) is 0 Å². The minimum Gasteiger partial charge on any atom is -0.332 e. The fraction of sp³-hybridized carbons (Fsp3) is 0.789. The third kappa shape index (κ3) is 4.45. The number of likely N-dealkylation sites (N-methyl/N-ethyl adjacent to an activating group) is 1. The largest absolute Gasteiger partial charge is 0.332 e. The van der Waals surface area contributed by atoms with Gasteiger partial charge in [-0.15, -0.1) is 0 Å². The molecule has 2 unspecified atom stereocenters. The Labute approximate surface area is 147 Å². The molecule has 2 atom stereocenters. The highest BCUT2D eigenvalue weighted by Gasteiger charge is 2.39. The van der Waals surface area contributed by atoms with Gasteiger partial charge >= 0.3 is 0 Å². The van der Waals surface area contributed by atoms with E-state index in [1.807, 2.05) is 0 Å². The van der Waals surface area contributed by atoms with Crippen molar-refractivity contribution in [3.8, 4) is 0 Å². The summed E-state index contributed by atoms with van der Waals surface area (Å²) in [4.78, 5) is 16.6. The van der Waals surface area contributed by atoms with Gasteiger partial charge in [-0.3, -0.25) is 0 Å². The van der Waals surface area contributed by atoms with Crippen molar-refractivity contribution in [2.75, 3.05) is 45.7 Å². The zero-order valence-electron chi connectivity index (χ0n) is 15.6. The number of anilines is 1. The number of piperazine rings is 1. The highest BCUT2D eigenvalue weighted by Crippen LogP contribution is 2.32. The van der Waals surface area contributed by atoms with E-state index >= 15 is 0 Å². The summed E-state index contributed by atoms with van der Waals surface area (Å²) in [5, 5.41) is 0. The zero-order chi connectivity index (χ0) is 16.9. The van der Waals surface area contributed by atoms with Crippen LogP contribution in [0.5, 0.6) is 0 Å². The monoisotopic (exact) mass is 331 g/mol. The summed E-state index contributed by atoms with van der Waals surface area (Å²) in [6, 6.07) is 1.22. The maximum Gasteiger partial charge on any atom is 0.225 e. The zero-order valence-corrected chi connectivity index (χ0v) is 15.6. The lowest BCUT2D eigenvalue weighted by Gasteiger charge is -2.39. The van der Waals surface area contributed by atoms with Crippen LogP contribution < -0.4 is 4.90 Å². The van der Waals surface area contributed by atoms with Crippen LogP contribution in [0.4, 0.5) is 5.95 Å². The Morgan fingerprint density at radius 2 is 1.62 bits per heavy atom. The summed E-state index contributed by atoms with van der Waals surface area (Å²) in [6.07, 6.45) is 13.0. The quantitative estimate of drug-likeness (QED) is 0.684. The van der Waals surface area contributed by atoms with Crippen LogP contribution in [-0.4, -0.2) is 72.6 Å². The lowest BCUT2D eigenvalue weighted by Crippen LogP contribution is -2.53. The molecule has 1 aromatic heterocycles. The van der Waals surface area contributed by atoms with E-state index in [1.54, 1.807) is 0 Å². The van der Waals surface area contributed by atoms with Gasteiger partial charge < -0.3 is 14.7 Å². The van der Waals surface area contributed by atoms with Gasteiger partial charge in [-0.2, -0.15) is 0 Å². The van der Waals surface area contributed by atoms with Crippen LogP contribution in [0.3, 0.4) is 0 Å². The molecule has 0 N–H and O–H groups in total. The molecule has 2 fully saturated rings. The van der Waals surface area contributed by atoms with Crippen molar-refractivity contribution in [1.29, 1.82) is 0 Å². The van der Waals surface area contributed by atoms with Gasteiger partial charge in [-0.25, -0.2) is 9.97 Å². The lowest BCUT2D eigenvalue weighted by atomic mass is 10.1. The van der Waals surface area contributed by atoms with Crippen LogP contribution >= 0.6 is 0 Å². The van der Waals surface area contributed by atoms with E-state index in [4.69, 9.17) is 9.97 Å². The average Bonchev–Trinajstić information content (AvgIpc) is 2.82. The predicted octanol–water partition coefficient (Wildman–Crippen LogP) is 2.42. The maximum absolute atomic E-state index is 4.70. The minimum atomic E-state index is 0.608. The molecule has 0 amide bonds. The molecule has 2 bridgehead atoms. The summed E-state index contributed by atoms with van der Waals surface area (Å²) >= 11 is 0. The molecule has 3 heterocycles. The second-order valence-electron chi connectivity index (χ2n) is 7.87. The van der Waals surface area contributed by atoms with Crippen molar-refractivity contribution in [3.05, 3.63) is 18.0 Å². The van der Waals surface area contributed by atoms with Gasteiger partial charge in [0.2, 0.25) is 5.95 Å². The van der Waals surface area contributed by atoms with E-state index in [1.165, 1.54) is 50.6 Å². The molecule has 2 aliphatic heterocycles. The fourth-order valence-corrected chi connectivity index (χ4v) is 4.16. The van der Waals surface area contributed by atoms with E-state index in [-0.39, 0.29) is 0 Å². The molecule has 0 spiro atoms. The molecule has 0 aliphatic carbocycles. The minimum absolute atomic E-state index is 0.608. The van der Waals surface area contributed by atoms with Crippen LogP contribution in [0.25, 0.3) is 0 Å². The second kappa shape index (κ2) is 8.26. The molecular formula is C19H33N5. The summed E-state index contributed by atoms with van der Waals surface area (Å²) in [7, 11) is 6.52. The van der Waals surface area contributed by atoms with Crippen molar-refractivity contribution in [2.24, 2.45) is 0 Å². The number of hydrogen-bond acceptors (Lipinski definition) is 5. The number of hydrogen-bond donors (Lipinski definition) is 0. The topological polar surface area (TPSA) is 35.5 Å². The highest BCUT2D eigenvalue weighted by atomic mass is 15.4. The van der Waals surface area contributed by atoms with E-state index in [2.05, 4.69) is 48.2 Å². The molecule has 0 aromatic carbocycles. The fourth-order valence-electron chi connectivity index (χ4n) is 4.16. The number of fused-ring (bicyclic) bond motifs is 2. The third-order valence-corrected chi connectivity index (χ3v) is 5.41. The first kappa shape index (κ1) is 17.6. The Hall–Kier alpha value is -1.20. The van der Waals surface area contributed by atoms with Crippen molar-refractivity contribution in [1.82, 2.24) is 19.8 Å². The van der Waals surface area contributed by atoms with Crippen LogP contribution in [0.2, 0.25) is 0 Å². The first-order valence-corrected chi connectivity index (χ1v) is 9.56. The summed E-state index contributed by atoms with van der Waals surface area (Å²) in [5.74, 6) is 0.949. The molecular weight excluding hydrogens is 298 g/mol. The Morgan fingerprint density at radius 3 is 2.25 bits per heavy atom. The van der Waals surface area contributed by atoms with Crippen LogP contribution in [0.1, 0.15) is 44.1 Å². The lowest BCUT2D eigenvalue weighted by molar-refractivity contribution is 0.262. The molecule has 2 saturated heterocycles. The molecule has 0 radical (unpaired) electrons. The van der Waals surface area contributed by atoms with Crippen LogP contribution in [-0.2, 0) is 6.42 Å². The highest BCUT2D eigenvalue weighted by molar-refractivity contribution is 5.37.